The number of carbonyl (C=O) groups is 1. The lowest BCUT2D eigenvalue weighted by Gasteiger charge is -2.25. The summed E-state index contributed by atoms with van der Waals surface area (Å²) < 4.78 is 0. The minimum absolute atomic E-state index is 0.152. The molecule has 3 atom stereocenters. The average molecular weight is 324 g/mol. The Bertz CT molecular complexity index is 660. The zero-order chi connectivity index (χ0) is 16.9. The maximum atomic E-state index is 12.2. The van der Waals surface area contributed by atoms with Gasteiger partial charge in [-0.3, -0.25) is 9.63 Å². The Morgan fingerprint density at radius 2 is 1.71 bits per heavy atom. The number of nitrogens with two attached hydrogens (primary N) is 1. The van der Waals surface area contributed by atoms with Crippen LogP contribution in [0.15, 0.2) is 60.7 Å². The maximum Gasteiger partial charge on any atom is 0.225 e. The summed E-state index contributed by atoms with van der Waals surface area (Å²) in [7, 11) is 0. The van der Waals surface area contributed by atoms with Gasteiger partial charge in [-0.25, -0.2) is 0 Å². The Hall–Kier alpha value is -2.17. The third kappa shape index (κ3) is 3.50. The molecule has 24 heavy (non-hydrogen) atoms. The molecule has 1 heterocycles. The van der Waals surface area contributed by atoms with Crippen LogP contribution in [-0.2, 0) is 16.2 Å². The van der Waals surface area contributed by atoms with E-state index in [1.165, 1.54) is 0 Å². The molecule has 0 aromatic heterocycles. The van der Waals surface area contributed by atoms with E-state index >= 15 is 0 Å². The highest BCUT2D eigenvalue weighted by Gasteiger charge is 2.46. The molecule has 126 valence electrons. The van der Waals surface area contributed by atoms with Gasteiger partial charge in [0.1, 0.15) is 0 Å². The molecule has 3 rings (SSSR count). The molecule has 4 nitrogen and oxygen atoms in total. The first-order valence-corrected chi connectivity index (χ1v) is 8.52. The van der Waals surface area contributed by atoms with Crippen LogP contribution in [0.4, 0.5) is 0 Å². The quantitative estimate of drug-likeness (QED) is 0.885. The second-order valence-electron chi connectivity index (χ2n) is 6.28. The molecular weight excluding hydrogens is 300 g/mol. The zero-order valence-electron chi connectivity index (χ0n) is 14.0. The van der Waals surface area contributed by atoms with Crippen molar-refractivity contribution in [2.75, 3.05) is 0 Å². The molecule has 0 bridgehead atoms. The Balaban J connectivity index is 1.94. The molecular formula is C20H24N2O2. The number of primary amides is 1. The average Bonchev–Trinajstić information content (AvgIpc) is 2.95. The van der Waals surface area contributed by atoms with Gasteiger partial charge < -0.3 is 5.73 Å². The van der Waals surface area contributed by atoms with Crippen molar-refractivity contribution in [3.63, 3.8) is 0 Å². The van der Waals surface area contributed by atoms with Gasteiger partial charge in [0.2, 0.25) is 5.91 Å². The van der Waals surface area contributed by atoms with E-state index < -0.39 is 0 Å². The fraction of sp³-hybridized carbons (Fsp3) is 0.350. The van der Waals surface area contributed by atoms with Gasteiger partial charge in [0.15, 0.2) is 0 Å². The van der Waals surface area contributed by atoms with Gasteiger partial charge in [-0.2, -0.15) is 5.06 Å². The molecule has 0 unspecified atom stereocenters. The number of benzene rings is 2. The van der Waals surface area contributed by atoms with Crippen molar-refractivity contribution < 1.29 is 9.63 Å². The van der Waals surface area contributed by atoms with Crippen LogP contribution in [0.3, 0.4) is 0 Å². The van der Waals surface area contributed by atoms with E-state index in [9.17, 15) is 4.79 Å². The molecule has 0 aliphatic carbocycles. The van der Waals surface area contributed by atoms with Crippen LogP contribution in [0, 0.1) is 5.92 Å². The lowest BCUT2D eigenvalue weighted by atomic mass is 9.87. The van der Waals surface area contributed by atoms with Crippen LogP contribution >= 0.6 is 0 Å². The van der Waals surface area contributed by atoms with E-state index in [1.807, 2.05) is 53.6 Å². The summed E-state index contributed by atoms with van der Waals surface area (Å²) in [6.45, 7) is 2.73. The van der Waals surface area contributed by atoms with Crippen molar-refractivity contribution in [3.05, 3.63) is 71.8 Å². The molecule has 1 aliphatic heterocycles. The molecule has 0 spiro atoms. The molecule has 4 heteroatoms. The van der Waals surface area contributed by atoms with Crippen LogP contribution in [0.1, 0.15) is 36.9 Å². The molecule has 1 amide bonds. The number of hydroxylamine groups is 2. The summed E-state index contributed by atoms with van der Waals surface area (Å²) in [5, 5.41) is 1.93. The molecule has 1 aliphatic rings. The highest BCUT2D eigenvalue weighted by molar-refractivity contribution is 5.78. The normalized spacial score (nSPS) is 24.1. The molecule has 1 fully saturated rings. The molecule has 1 saturated heterocycles. The van der Waals surface area contributed by atoms with Crippen molar-refractivity contribution >= 4 is 5.91 Å². The topological polar surface area (TPSA) is 55.6 Å². The number of nitrogens with zero attached hydrogens (tertiary/aromatic N) is 1. The van der Waals surface area contributed by atoms with Crippen molar-refractivity contribution in [3.8, 4) is 0 Å². The van der Waals surface area contributed by atoms with Crippen molar-refractivity contribution in [2.24, 2.45) is 11.7 Å². The number of amides is 1. The molecule has 0 saturated carbocycles. The van der Waals surface area contributed by atoms with E-state index in [0.29, 0.717) is 6.54 Å². The van der Waals surface area contributed by atoms with E-state index in [2.05, 4.69) is 19.1 Å². The highest BCUT2D eigenvalue weighted by atomic mass is 16.7. The fourth-order valence-corrected chi connectivity index (χ4v) is 3.47. The first kappa shape index (κ1) is 16.7. The fourth-order valence-electron chi connectivity index (χ4n) is 3.47. The zero-order valence-corrected chi connectivity index (χ0v) is 14.0. The van der Waals surface area contributed by atoms with Crippen LogP contribution in [0.5, 0.6) is 0 Å². The molecule has 2 aromatic rings. The summed E-state index contributed by atoms with van der Waals surface area (Å²) >= 11 is 0. The summed E-state index contributed by atoms with van der Waals surface area (Å²) in [5.74, 6) is -0.631. The van der Waals surface area contributed by atoms with Gasteiger partial charge in [0.05, 0.1) is 18.1 Å². The van der Waals surface area contributed by atoms with Gasteiger partial charge in [0, 0.05) is 6.54 Å². The van der Waals surface area contributed by atoms with Crippen molar-refractivity contribution in [2.45, 2.75) is 38.5 Å². The number of carbonyl (C=O) groups excluding carboxylic acids is 1. The third-order valence-corrected chi connectivity index (χ3v) is 4.55. The predicted molar refractivity (Wildman–Crippen MR) is 93.6 cm³/mol. The summed E-state index contributed by atoms with van der Waals surface area (Å²) in [4.78, 5) is 18.4. The van der Waals surface area contributed by atoms with Crippen LogP contribution in [0.25, 0.3) is 0 Å². The first-order valence-electron chi connectivity index (χ1n) is 8.52. The standard InChI is InChI=1S/C20H24N2O2/c1-2-9-17-18(20(21)23)19(16-12-7-4-8-13-16)22(24-17)14-15-10-5-3-6-11-15/h3-8,10-13,17-19H,2,9,14H2,1H3,(H2,21,23)/t17-,18-,19-/m0/s1. The lowest BCUT2D eigenvalue weighted by Crippen LogP contribution is -2.34. The van der Waals surface area contributed by atoms with Gasteiger partial charge in [-0.05, 0) is 17.5 Å². The Morgan fingerprint density at radius 1 is 1.08 bits per heavy atom. The lowest BCUT2D eigenvalue weighted by molar-refractivity contribution is -0.172. The Morgan fingerprint density at radius 3 is 2.29 bits per heavy atom. The van der Waals surface area contributed by atoms with Gasteiger partial charge >= 0.3 is 0 Å². The summed E-state index contributed by atoms with van der Waals surface area (Å²) in [6.07, 6.45) is 1.61. The summed E-state index contributed by atoms with van der Waals surface area (Å²) in [6, 6.07) is 20.0. The third-order valence-electron chi connectivity index (χ3n) is 4.55. The number of hydrogen-bond donors (Lipinski definition) is 1. The minimum atomic E-state index is -0.337. The maximum absolute atomic E-state index is 12.2. The minimum Gasteiger partial charge on any atom is -0.369 e. The summed E-state index contributed by atoms with van der Waals surface area (Å²) in [5.41, 5.74) is 7.97. The SMILES string of the molecule is CCC[C@@H]1ON(Cc2ccccc2)[C@@H](c2ccccc2)[C@H]1C(N)=O. The second-order valence-corrected chi connectivity index (χ2v) is 6.28. The van der Waals surface area contributed by atoms with Crippen molar-refractivity contribution in [1.82, 2.24) is 5.06 Å². The monoisotopic (exact) mass is 324 g/mol. The molecule has 2 N–H and O–H groups in total. The Kier molecular flexibility index (Phi) is 5.28. The van der Waals surface area contributed by atoms with Crippen molar-refractivity contribution in [1.29, 1.82) is 0 Å². The predicted octanol–water partition coefficient (Wildman–Crippen LogP) is 3.45. The molecule has 0 radical (unpaired) electrons. The van der Waals surface area contributed by atoms with Crippen LogP contribution < -0.4 is 5.73 Å². The largest absolute Gasteiger partial charge is 0.369 e. The van der Waals surface area contributed by atoms with Crippen LogP contribution in [-0.4, -0.2) is 17.1 Å². The van der Waals surface area contributed by atoms with Gasteiger partial charge in [0.25, 0.3) is 0 Å². The highest BCUT2D eigenvalue weighted by Crippen LogP contribution is 2.41. The molecule has 2 aromatic carbocycles. The Labute approximate surface area is 143 Å². The van der Waals surface area contributed by atoms with E-state index in [1.54, 1.807) is 0 Å². The van der Waals surface area contributed by atoms with Gasteiger partial charge in [-0.1, -0.05) is 74.0 Å². The van der Waals surface area contributed by atoms with Crippen LogP contribution in [0.2, 0.25) is 0 Å². The number of hydrogen-bond acceptors (Lipinski definition) is 3. The van der Waals surface area contributed by atoms with E-state index in [0.717, 1.165) is 24.0 Å². The number of rotatable bonds is 6. The van der Waals surface area contributed by atoms with Gasteiger partial charge in [-0.15, -0.1) is 0 Å². The first-order chi connectivity index (χ1) is 11.7. The van der Waals surface area contributed by atoms with E-state index in [4.69, 9.17) is 10.6 Å². The smallest absolute Gasteiger partial charge is 0.225 e. The van der Waals surface area contributed by atoms with E-state index in [-0.39, 0.29) is 24.0 Å². The second kappa shape index (κ2) is 7.60.